The van der Waals surface area contributed by atoms with Gasteiger partial charge in [0.1, 0.15) is 6.23 Å². The topological polar surface area (TPSA) is 128 Å². The molecule has 10 heteroatoms. The second kappa shape index (κ2) is 5.64. The van der Waals surface area contributed by atoms with Crippen LogP contribution in [0, 0.1) is 0 Å². The van der Waals surface area contributed by atoms with Crippen LogP contribution >= 0.6 is 11.6 Å². The average molecular weight is 289 g/mol. The molecule has 0 aromatic carbocycles. The van der Waals surface area contributed by atoms with Gasteiger partial charge in [-0.05, 0) is 18.1 Å². The summed E-state index contributed by atoms with van der Waals surface area (Å²) in [6.45, 7) is -0.116. The van der Waals surface area contributed by atoms with Crippen LogP contribution in [-0.2, 0) is 4.74 Å². The van der Waals surface area contributed by atoms with Crippen molar-refractivity contribution in [3.63, 3.8) is 0 Å². The maximum atomic E-state index is 12.1. The molecule has 2 aliphatic rings. The predicted octanol–water partition coefficient (Wildman–Crippen LogP) is 0.812. The van der Waals surface area contributed by atoms with Gasteiger partial charge in [0.05, 0.1) is 17.7 Å². The molecule has 2 rings (SSSR count). The van der Waals surface area contributed by atoms with E-state index in [4.69, 9.17) is 32.7 Å². The van der Waals surface area contributed by atoms with Gasteiger partial charge in [0.25, 0.3) is 0 Å². The van der Waals surface area contributed by atoms with Crippen molar-refractivity contribution < 1.29 is 14.6 Å². The first-order valence-electron chi connectivity index (χ1n) is 5.64. The number of azide groups is 1. The van der Waals surface area contributed by atoms with Crippen molar-refractivity contribution in [3.05, 3.63) is 21.7 Å². The number of rotatable bonds is 3. The molecular weight excluding hydrogens is 276 g/mol. The fourth-order valence-electron chi connectivity index (χ4n) is 1.99. The molecule has 19 heavy (non-hydrogen) atoms. The summed E-state index contributed by atoms with van der Waals surface area (Å²) in [7, 11) is 0. The van der Waals surface area contributed by atoms with E-state index >= 15 is 0 Å². The number of hydrogen-bond acceptors (Lipinski definition) is 5. The Kier molecular flexibility index (Phi) is 4.13. The van der Waals surface area contributed by atoms with Crippen LogP contribution < -0.4 is 5.73 Å². The minimum absolute atomic E-state index is 0.116. The van der Waals surface area contributed by atoms with E-state index in [1.54, 1.807) is 0 Å². The molecule has 0 spiro atoms. The van der Waals surface area contributed by atoms with Crippen LogP contribution in [0.2, 0.25) is 0 Å². The van der Waals surface area contributed by atoms with Gasteiger partial charge in [0.15, 0.2) is 6.17 Å². The van der Waals surface area contributed by atoms with Crippen LogP contribution in [-0.4, -0.2) is 46.2 Å². The third-order valence-electron chi connectivity index (χ3n) is 2.96. The summed E-state index contributed by atoms with van der Waals surface area (Å²) in [5.41, 5.74) is 14.1. The van der Waals surface area contributed by atoms with Gasteiger partial charge in [-0.1, -0.05) is 11.6 Å². The Morgan fingerprint density at radius 3 is 3.00 bits per heavy atom. The number of carbonyl (C=O) groups is 1. The predicted molar refractivity (Wildman–Crippen MR) is 65.1 cm³/mol. The molecule has 1 saturated heterocycles. The number of nitrogens with two attached hydrogens (primary N) is 1. The molecule has 104 valence electrons. The summed E-state index contributed by atoms with van der Waals surface area (Å²) < 4.78 is 5.48. The Morgan fingerprint density at radius 1 is 1.68 bits per heavy atom. The summed E-state index contributed by atoms with van der Waals surface area (Å²) in [5, 5.41) is 13.1. The zero-order valence-corrected chi connectivity index (χ0v) is 10.6. The summed E-state index contributed by atoms with van der Waals surface area (Å²) in [6, 6.07) is -0.613. The molecular formula is C9H13ClN6O3. The molecule has 2 heterocycles. The third-order valence-corrected chi connectivity index (χ3v) is 3.28. The highest BCUT2D eigenvalue weighted by Gasteiger charge is 2.42. The molecule has 0 aliphatic carbocycles. The lowest BCUT2D eigenvalue weighted by molar-refractivity contribution is -0.0436. The number of urea groups is 1. The molecule has 0 saturated carbocycles. The van der Waals surface area contributed by atoms with Gasteiger partial charge in [-0.15, -0.1) is 10.5 Å². The quantitative estimate of drug-likeness (QED) is 0.452. The Labute approximate surface area is 113 Å². The molecule has 3 N–H and O–H groups in total. The number of amides is 2. The van der Waals surface area contributed by atoms with Crippen molar-refractivity contribution in [1.82, 2.24) is 9.91 Å². The number of carbonyl (C=O) groups excluding carboxylic acids is 1. The number of ether oxygens (including phenoxy) is 1. The average Bonchev–Trinajstić information content (AvgIpc) is 2.87. The lowest BCUT2D eigenvalue weighted by Crippen LogP contribution is -2.54. The van der Waals surface area contributed by atoms with E-state index in [0.717, 1.165) is 5.01 Å². The van der Waals surface area contributed by atoms with E-state index in [1.807, 2.05) is 0 Å². The van der Waals surface area contributed by atoms with Gasteiger partial charge in [0.2, 0.25) is 0 Å². The first-order valence-corrected chi connectivity index (χ1v) is 6.02. The first-order chi connectivity index (χ1) is 9.08. The second-order valence-corrected chi connectivity index (χ2v) is 4.58. The Hall–Kier alpha value is -1.51. The smallest absolute Gasteiger partial charge is 0.394 e. The van der Waals surface area contributed by atoms with Gasteiger partial charge < -0.3 is 9.84 Å². The fraction of sp³-hybridized carbons (Fsp3) is 0.667. The third kappa shape index (κ3) is 2.60. The van der Waals surface area contributed by atoms with E-state index in [-0.39, 0.29) is 17.7 Å². The van der Waals surface area contributed by atoms with Crippen molar-refractivity contribution in [2.45, 2.75) is 31.3 Å². The molecule has 0 aromatic rings. The van der Waals surface area contributed by atoms with Crippen LogP contribution in [0.1, 0.15) is 12.8 Å². The summed E-state index contributed by atoms with van der Waals surface area (Å²) in [5.74, 6) is 0. The lowest BCUT2D eigenvalue weighted by Gasteiger charge is -2.32. The number of aliphatic hydroxyl groups excluding tert-OH is 1. The van der Waals surface area contributed by atoms with Crippen LogP contribution in [0.4, 0.5) is 4.79 Å². The van der Waals surface area contributed by atoms with Crippen molar-refractivity contribution in [2.24, 2.45) is 11.0 Å². The van der Waals surface area contributed by atoms with E-state index in [9.17, 15) is 4.79 Å². The van der Waals surface area contributed by atoms with Gasteiger partial charge >= 0.3 is 6.03 Å². The van der Waals surface area contributed by atoms with Crippen molar-refractivity contribution in [1.29, 1.82) is 0 Å². The Morgan fingerprint density at radius 2 is 2.42 bits per heavy atom. The SMILES string of the molecule is [N-]=[N+]=NN1C(=O)N([C@H]2CC[C@@H](CO)O2)C=C(Cl)C1N. The summed E-state index contributed by atoms with van der Waals surface area (Å²) >= 11 is 5.92. The number of nitrogens with zero attached hydrogens (tertiary/aromatic N) is 5. The van der Waals surface area contributed by atoms with Crippen molar-refractivity contribution in [2.75, 3.05) is 6.61 Å². The minimum Gasteiger partial charge on any atom is -0.394 e. The monoisotopic (exact) mass is 288 g/mol. The molecule has 1 unspecified atom stereocenters. The normalized spacial score (nSPS) is 31.2. The molecule has 2 aliphatic heterocycles. The van der Waals surface area contributed by atoms with Crippen LogP contribution in [0.15, 0.2) is 16.5 Å². The van der Waals surface area contributed by atoms with Crippen molar-refractivity contribution >= 4 is 17.6 Å². The molecule has 3 atom stereocenters. The summed E-state index contributed by atoms with van der Waals surface area (Å²) in [4.78, 5) is 15.9. The highest BCUT2D eigenvalue weighted by molar-refractivity contribution is 6.30. The van der Waals surface area contributed by atoms with E-state index in [0.29, 0.717) is 12.8 Å². The fourth-order valence-corrected chi connectivity index (χ4v) is 2.19. The number of halogens is 1. The second-order valence-electron chi connectivity index (χ2n) is 4.14. The highest BCUT2D eigenvalue weighted by Crippen LogP contribution is 2.29. The minimum atomic E-state index is -1.00. The van der Waals surface area contributed by atoms with Crippen LogP contribution in [0.3, 0.4) is 0 Å². The van der Waals surface area contributed by atoms with Gasteiger partial charge in [0, 0.05) is 6.20 Å². The van der Waals surface area contributed by atoms with Crippen LogP contribution in [0.5, 0.6) is 0 Å². The number of aliphatic hydroxyl groups is 1. The highest BCUT2D eigenvalue weighted by atomic mass is 35.5. The van der Waals surface area contributed by atoms with E-state index < -0.39 is 18.4 Å². The zero-order chi connectivity index (χ0) is 14.0. The molecule has 9 nitrogen and oxygen atoms in total. The van der Waals surface area contributed by atoms with Gasteiger partial charge in [-0.2, -0.15) is 4.91 Å². The van der Waals surface area contributed by atoms with E-state index in [2.05, 4.69) is 10.1 Å². The first kappa shape index (κ1) is 13.9. The molecule has 0 radical (unpaired) electrons. The van der Waals surface area contributed by atoms with Crippen molar-refractivity contribution in [3.8, 4) is 0 Å². The number of hydrogen-bond donors (Lipinski definition) is 2. The largest absolute Gasteiger partial charge is 0.422 e. The Balaban J connectivity index is 2.21. The molecule has 0 aromatic heterocycles. The summed E-state index contributed by atoms with van der Waals surface area (Å²) in [6.07, 6.45) is 0.677. The maximum absolute atomic E-state index is 12.1. The molecule has 1 fully saturated rings. The molecule has 2 amide bonds. The molecule has 0 bridgehead atoms. The van der Waals surface area contributed by atoms with Crippen LogP contribution in [0.25, 0.3) is 10.4 Å². The van der Waals surface area contributed by atoms with E-state index in [1.165, 1.54) is 11.1 Å². The maximum Gasteiger partial charge on any atom is 0.422 e. The lowest BCUT2D eigenvalue weighted by atomic mass is 10.2. The zero-order valence-electron chi connectivity index (χ0n) is 9.89. The van der Waals surface area contributed by atoms with Gasteiger partial charge in [-0.25, -0.2) is 4.79 Å². The van der Waals surface area contributed by atoms with Gasteiger partial charge in [-0.3, -0.25) is 10.6 Å². The Bertz CT molecular complexity index is 451. The standard InChI is InChI=1S/C9H13ClN6O3/c10-6-3-15(7-2-1-5(4-17)19-7)9(18)16(8(6)11)14-13-12/h3,5,7-8,17H,1-2,4,11H2/t5-,7+,8?/m0/s1.